The first kappa shape index (κ1) is 17.7. The number of nitrogens with zero attached hydrogens (tertiary/aromatic N) is 4. The van der Waals surface area contributed by atoms with Gasteiger partial charge in [0, 0.05) is 37.6 Å². The van der Waals surface area contributed by atoms with E-state index < -0.39 is 5.97 Å². The fourth-order valence-corrected chi connectivity index (χ4v) is 2.87. The molecule has 6 heteroatoms. The number of carboxylic acid groups (broad SMARTS) is 1. The fraction of sp³-hybridized carbons (Fsp3) is 0.333. The second kappa shape index (κ2) is 7.79. The van der Waals surface area contributed by atoms with Crippen molar-refractivity contribution in [2.24, 2.45) is 0 Å². The summed E-state index contributed by atoms with van der Waals surface area (Å²) in [5, 5.41) is 9.90. The van der Waals surface area contributed by atoms with Gasteiger partial charge in [-0.3, -0.25) is 14.7 Å². The lowest BCUT2D eigenvalue weighted by atomic mass is 10.2. The summed E-state index contributed by atoms with van der Waals surface area (Å²) in [4.78, 5) is 20.8. The maximum Gasteiger partial charge on any atom is 0.309 e. The molecule has 0 aliphatic carbocycles. The minimum absolute atomic E-state index is 0.0746. The van der Waals surface area contributed by atoms with Crippen LogP contribution in [0.2, 0.25) is 0 Å². The molecule has 3 rings (SSSR count). The number of rotatable bonds is 3. The van der Waals surface area contributed by atoms with Crippen molar-refractivity contribution in [3.8, 4) is 0 Å². The fourth-order valence-electron chi connectivity index (χ4n) is 2.87. The Bertz CT molecular complexity index is 664. The van der Waals surface area contributed by atoms with E-state index in [-0.39, 0.29) is 12.7 Å². The molecule has 0 saturated carbocycles. The number of benzene rings is 1. The highest BCUT2D eigenvalue weighted by molar-refractivity contribution is 5.77. The van der Waals surface area contributed by atoms with E-state index in [1.165, 1.54) is 5.39 Å². The third kappa shape index (κ3) is 4.23. The van der Waals surface area contributed by atoms with Gasteiger partial charge in [0.25, 0.3) is 0 Å². The predicted molar refractivity (Wildman–Crippen MR) is 95.1 cm³/mol. The van der Waals surface area contributed by atoms with Gasteiger partial charge in [0.15, 0.2) is 6.29 Å². The molecule has 1 aromatic carbocycles. The zero-order chi connectivity index (χ0) is 17.7. The van der Waals surface area contributed by atoms with Crippen molar-refractivity contribution in [1.29, 1.82) is 0 Å². The molecule has 0 spiro atoms. The number of fused-ring (bicyclic) bond motifs is 1. The number of hydrogen-bond donors (Lipinski definition) is 1. The molecule has 0 amide bonds. The Morgan fingerprint density at radius 3 is 2.46 bits per heavy atom. The van der Waals surface area contributed by atoms with Crippen LogP contribution in [0, 0.1) is 0 Å². The normalized spacial score (nSPS) is 16.9. The van der Waals surface area contributed by atoms with Crippen LogP contribution in [0.3, 0.4) is 0 Å². The van der Waals surface area contributed by atoms with Crippen LogP contribution in [0.15, 0.2) is 54.5 Å². The van der Waals surface area contributed by atoms with E-state index in [0.29, 0.717) is 0 Å². The zero-order valence-electron chi connectivity index (χ0n) is 14.5. The standard InChI is InChI=1S/C9H17N3O2.C9H7N/c1-10(2)9-11(3)6-7(12(9)4)5-8(13)14;1-2-6-9-8(4-1)5-3-7-10-9/h6,9H,5H2,1-4H3,(H,13,14);1-7H. The smallest absolute Gasteiger partial charge is 0.309 e. The number of aliphatic carboxylic acids is 1. The first-order valence-corrected chi connectivity index (χ1v) is 7.73. The molecule has 1 aliphatic heterocycles. The van der Waals surface area contributed by atoms with Crippen molar-refractivity contribution in [2.45, 2.75) is 12.7 Å². The highest BCUT2D eigenvalue weighted by atomic mass is 16.4. The number of para-hydroxylation sites is 1. The zero-order valence-corrected chi connectivity index (χ0v) is 14.5. The molecular formula is C18H24N4O2. The number of carbonyl (C=O) groups is 1. The first-order chi connectivity index (χ1) is 11.4. The Labute approximate surface area is 142 Å². The van der Waals surface area contributed by atoms with Crippen LogP contribution in [0.4, 0.5) is 0 Å². The quantitative estimate of drug-likeness (QED) is 0.933. The molecule has 0 radical (unpaired) electrons. The van der Waals surface area contributed by atoms with Crippen LogP contribution in [0.25, 0.3) is 10.9 Å². The van der Waals surface area contributed by atoms with E-state index in [9.17, 15) is 4.79 Å². The third-order valence-corrected chi connectivity index (χ3v) is 3.82. The lowest BCUT2D eigenvalue weighted by Gasteiger charge is -2.34. The second-order valence-electron chi connectivity index (χ2n) is 5.97. The average molecular weight is 328 g/mol. The van der Waals surface area contributed by atoms with Crippen LogP contribution >= 0.6 is 0 Å². The monoisotopic (exact) mass is 328 g/mol. The van der Waals surface area contributed by atoms with Gasteiger partial charge in [-0.1, -0.05) is 24.3 Å². The highest BCUT2D eigenvalue weighted by Crippen LogP contribution is 2.22. The Balaban J connectivity index is 0.000000182. The molecule has 1 atom stereocenters. The van der Waals surface area contributed by atoms with Crippen molar-refractivity contribution in [1.82, 2.24) is 19.7 Å². The summed E-state index contributed by atoms with van der Waals surface area (Å²) in [6.07, 6.45) is 3.87. The third-order valence-electron chi connectivity index (χ3n) is 3.82. The Hall–Kier alpha value is -2.60. The molecule has 1 N–H and O–H groups in total. The van der Waals surface area contributed by atoms with Gasteiger partial charge in [-0.25, -0.2) is 0 Å². The Kier molecular flexibility index (Phi) is 5.76. The first-order valence-electron chi connectivity index (χ1n) is 7.73. The van der Waals surface area contributed by atoms with E-state index in [2.05, 4.69) is 17.1 Å². The molecule has 0 saturated heterocycles. The molecule has 6 nitrogen and oxygen atoms in total. The number of hydrogen-bond acceptors (Lipinski definition) is 5. The summed E-state index contributed by atoms with van der Waals surface area (Å²) in [6, 6.07) is 12.1. The summed E-state index contributed by atoms with van der Waals surface area (Å²) < 4.78 is 0. The topological polar surface area (TPSA) is 59.9 Å². The molecule has 2 heterocycles. The van der Waals surface area contributed by atoms with Gasteiger partial charge in [0.05, 0.1) is 11.9 Å². The highest BCUT2D eigenvalue weighted by Gasteiger charge is 2.29. The predicted octanol–water partition coefficient (Wildman–Crippen LogP) is 2.26. The van der Waals surface area contributed by atoms with Gasteiger partial charge in [-0.2, -0.15) is 0 Å². The largest absolute Gasteiger partial charge is 0.481 e. The Morgan fingerprint density at radius 1 is 1.21 bits per heavy atom. The molecular weight excluding hydrogens is 304 g/mol. The van der Waals surface area contributed by atoms with Gasteiger partial charge >= 0.3 is 5.97 Å². The minimum Gasteiger partial charge on any atom is -0.481 e. The molecule has 0 bridgehead atoms. The maximum atomic E-state index is 10.6. The van der Waals surface area contributed by atoms with E-state index in [0.717, 1.165) is 11.2 Å². The lowest BCUT2D eigenvalue weighted by molar-refractivity contribution is -0.136. The molecule has 128 valence electrons. The summed E-state index contributed by atoms with van der Waals surface area (Å²) in [5.41, 5.74) is 1.89. The van der Waals surface area contributed by atoms with Crippen LogP contribution in [0.5, 0.6) is 0 Å². The van der Waals surface area contributed by atoms with Gasteiger partial charge in [0.1, 0.15) is 0 Å². The molecule has 1 unspecified atom stereocenters. The van der Waals surface area contributed by atoms with Crippen molar-refractivity contribution in [3.63, 3.8) is 0 Å². The minimum atomic E-state index is -0.795. The van der Waals surface area contributed by atoms with Gasteiger partial charge in [0.2, 0.25) is 0 Å². The van der Waals surface area contributed by atoms with Crippen LogP contribution in [0.1, 0.15) is 6.42 Å². The van der Waals surface area contributed by atoms with Gasteiger partial charge < -0.3 is 14.9 Å². The van der Waals surface area contributed by atoms with Crippen LogP contribution < -0.4 is 0 Å². The summed E-state index contributed by atoms with van der Waals surface area (Å²) >= 11 is 0. The number of carboxylic acids is 1. The summed E-state index contributed by atoms with van der Waals surface area (Å²) in [7, 11) is 7.78. The number of pyridine rings is 1. The second-order valence-corrected chi connectivity index (χ2v) is 5.97. The molecule has 1 aromatic heterocycles. The van der Waals surface area contributed by atoms with E-state index in [4.69, 9.17) is 5.11 Å². The molecule has 2 aromatic rings. The van der Waals surface area contributed by atoms with Crippen LogP contribution in [-0.4, -0.2) is 65.2 Å². The molecule has 0 fully saturated rings. The van der Waals surface area contributed by atoms with Crippen molar-refractivity contribution < 1.29 is 9.90 Å². The Morgan fingerprint density at radius 2 is 1.88 bits per heavy atom. The van der Waals surface area contributed by atoms with E-state index in [1.54, 1.807) is 0 Å². The summed E-state index contributed by atoms with van der Waals surface area (Å²) in [6.45, 7) is 0. The molecule has 1 aliphatic rings. The van der Waals surface area contributed by atoms with Crippen molar-refractivity contribution >= 4 is 16.9 Å². The van der Waals surface area contributed by atoms with Crippen molar-refractivity contribution in [3.05, 3.63) is 54.5 Å². The average Bonchev–Trinajstić information content (AvgIpc) is 2.81. The lowest BCUT2D eigenvalue weighted by Crippen LogP contribution is -2.46. The molecule has 24 heavy (non-hydrogen) atoms. The maximum absolute atomic E-state index is 10.6. The van der Waals surface area contributed by atoms with Crippen LogP contribution in [-0.2, 0) is 4.79 Å². The van der Waals surface area contributed by atoms with E-state index >= 15 is 0 Å². The SMILES string of the molecule is CN(C)C1N(C)C=C(CC(=O)O)N1C.c1ccc2ncccc2c1. The van der Waals surface area contributed by atoms with Crippen molar-refractivity contribution in [2.75, 3.05) is 28.2 Å². The summed E-state index contributed by atoms with van der Waals surface area (Å²) in [5.74, 6) is -0.795. The van der Waals surface area contributed by atoms with Gasteiger partial charge in [-0.15, -0.1) is 0 Å². The van der Waals surface area contributed by atoms with E-state index in [1.807, 2.05) is 79.6 Å². The number of aromatic nitrogens is 1. The van der Waals surface area contributed by atoms with Gasteiger partial charge in [-0.05, 0) is 26.2 Å².